The zero-order valence-corrected chi connectivity index (χ0v) is 16.6. The number of rotatable bonds is 4. The molecule has 1 aliphatic carbocycles. The number of nitrogens with zero attached hydrogens (tertiary/aromatic N) is 3. The molecule has 0 unspecified atom stereocenters. The van der Waals surface area contributed by atoms with Crippen molar-refractivity contribution in [3.05, 3.63) is 29.3 Å². The van der Waals surface area contributed by atoms with Crippen molar-refractivity contribution in [2.45, 2.75) is 30.6 Å². The Labute approximate surface area is 165 Å². The van der Waals surface area contributed by atoms with Gasteiger partial charge in [-0.1, -0.05) is 6.07 Å². The van der Waals surface area contributed by atoms with Crippen LogP contribution in [0.5, 0.6) is 0 Å². The fourth-order valence-electron chi connectivity index (χ4n) is 4.04. The molecule has 0 atom stereocenters. The van der Waals surface area contributed by atoms with Crippen molar-refractivity contribution in [2.75, 3.05) is 45.9 Å². The van der Waals surface area contributed by atoms with Gasteiger partial charge in [-0.2, -0.15) is 4.31 Å². The van der Waals surface area contributed by atoms with Crippen LogP contribution in [0, 0.1) is 0 Å². The second-order valence-electron chi connectivity index (χ2n) is 7.48. The molecule has 0 spiro atoms. The summed E-state index contributed by atoms with van der Waals surface area (Å²) < 4.78 is 32.3. The van der Waals surface area contributed by atoms with E-state index in [0.717, 1.165) is 36.1 Å². The maximum Gasteiger partial charge on any atom is 0.416 e. The lowest BCUT2D eigenvalue weighted by Gasteiger charge is -2.34. The van der Waals surface area contributed by atoms with Gasteiger partial charge < -0.3 is 4.74 Å². The number of ether oxygens (including phenoxy) is 1. The van der Waals surface area contributed by atoms with Gasteiger partial charge in [0, 0.05) is 26.2 Å². The molecule has 0 radical (unpaired) electrons. The zero-order chi connectivity index (χ0) is 19.7. The molecule has 2 fully saturated rings. The van der Waals surface area contributed by atoms with E-state index in [4.69, 9.17) is 4.74 Å². The molecule has 152 valence electrons. The molecular weight excluding hydrogens is 382 g/mol. The van der Waals surface area contributed by atoms with Crippen LogP contribution in [0.3, 0.4) is 0 Å². The van der Waals surface area contributed by atoms with Crippen LogP contribution in [0.4, 0.5) is 4.79 Å². The van der Waals surface area contributed by atoms with Crippen molar-refractivity contribution in [2.24, 2.45) is 0 Å². The Morgan fingerprint density at radius 1 is 1.00 bits per heavy atom. The van der Waals surface area contributed by atoms with Gasteiger partial charge in [0.05, 0.1) is 18.0 Å². The van der Waals surface area contributed by atoms with Gasteiger partial charge in [-0.3, -0.25) is 9.69 Å². The van der Waals surface area contributed by atoms with Crippen LogP contribution in [0.15, 0.2) is 23.1 Å². The minimum Gasteiger partial charge on any atom is -0.447 e. The highest BCUT2D eigenvalue weighted by atomic mass is 32.2. The van der Waals surface area contributed by atoms with E-state index in [2.05, 4.69) is 0 Å². The third kappa shape index (κ3) is 3.78. The van der Waals surface area contributed by atoms with Crippen molar-refractivity contribution in [3.8, 4) is 0 Å². The second kappa shape index (κ2) is 7.81. The van der Waals surface area contributed by atoms with E-state index in [1.807, 2.05) is 17.0 Å². The summed E-state index contributed by atoms with van der Waals surface area (Å²) in [4.78, 5) is 27.0. The first kappa shape index (κ1) is 19.4. The zero-order valence-electron chi connectivity index (χ0n) is 15.8. The molecule has 1 aromatic rings. The van der Waals surface area contributed by atoms with Crippen molar-refractivity contribution < 1.29 is 22.7 Å². The molecule has 0 aromatic heterocycles. The summed E-state index contributed by atoms with van der Waals surface area (Å²) in [5.41, 5.74) is 2.41. The Balaban J connectivity index is 1.37. The molecule has 2 amide bonds. The highest BCUT2D eigenvalue weighted by molar-refractivity contribution is 7.89. The number of imide groups is 1. The molecule has 9 heteroatoms. The molecule has 4 rings (SSSR count). The van der Waals surface area contributed by atoms with Crippen LogP contribution < -0.4 is 0 Å². The third-order valence-corrected chi connectivity index (χ3v) is 7.60. The number of hydrogen-bond donors (Lipinski definition) is 0. The summed E-state index contributed by atoms with van der Waals surface area (Å²) in [5, 5.41) is 0. The molecular formula is C19H25N3O5S. The topological polar surface area (TPSA) is 87.2 Å². The summed E-state index contributed by atoms with van der Waals surface area (Å²) in [5.74, 6) is -0.298. The largest absolute Gasteiger partial charge is 0.447 e. The van der Waals surface area contributed by atoms with Crippen molar-refractivity contribution in [3.63, 3.8) is 0 Å². The van der Waals surface area contributed by atoms with E-state index in [0.29, 0.717) is 31.1 Å². The Kier molecular flexibility index (Phi) is 5.39. The Hall–Kier alpha value is -1.97. The lowest BCUT2D eigenvalue weighted by Crippen LogP contribution is -2.51. The van der Waals surface area contributed by atoms with E-state index >= 15 is 0 Å². The fourth-order valence-corrected chi connectivity index (χ4v) is 5.52. The van der Waals surface area contributed by atoms with Gasteiger partial charge in [0.15, 0.2) is 0 Å². The molecule has 2 saturated heterocycles. The molecule has 8 nitrogen and oxygen atoms in total. The number of fused-ring (bicyclic) bond motifs is 1. The predicted octanol–water partition coefficient (Wildman–Crippen LogP) is 0.851. The van der Waals surface area contributed by atoms with Gasteiger partial charge in [-0.05, 0) is 48.9 Å². The Morgan fingerprint density at radius 3 is 2.39 bits per heavy atom. The predicted molar refractivity (Wildman–Crippen MR) is 101 cm³/mol. The van der Waals surface area contributed by atoms with Gasteiger partial charge in [0.1, 0.15) is 6.61 Å². The molecule has 0 N–H and O–H groups in total. The van der Waals surface area contributed by atoms with E-state index in [1.165, 1.54) is 9.87 Å². The van der Waals surface area contributed by atoms with Crippen molar-refractivity contribution >= 4 is 22.0 Å². The van der Waals surface area contributed by atoms with E-state index in [1.54, 1.807) is 6.07 Å². The summed E-state index contributed by atoms with van der Waals surface area (Å²) in [7, 11) is -3.53. The van der Waals surface area contributed by atoms with Gasteiger partial charge in [0.25, 0.3) is 0 Å². The minimum absolute atomic E-state index is 0.0990. The standard InChI is InChI=1S/C19H25N3O5S/c23-18(22-11-12-27-19(22)24)14-20-7-9-21(10-8-20)28(25,26)17-6-5-15-3-1-2-4-16(15)13-17/h5-6,13H,1-4,7-12,14H2. The monoisotopic (exact) mass is 407 g/mol. The normalized spacial score (nSPS) is 21.4. The highest BCUT2D eigenvalue weighted by Crippen LogP contribution is 2.26. The molecule has 2 aliphatic heterocycles. The number of piperazine rings is 1. The number of aryl methyl sites for hydroxylation is 2. The van der Waals surface area contributed by atoms with Crippen molar-refractivity contribution in [1.29, 1.82) is 0 Å². The first-order valence-corrected chi connectivity index (χ1v) is 11.2. The summed E-state index contributed by atoms with van der Waals surface area (Å²) in [6, 6.07) is 5.50. The minimum atomic E-state index is -3.53. The highest BCUT2D eigenvalue weighted by Gasteiger charge is 2.33. The number of cyclic esters (lactones) is 1. The van der Waals surface area contributed by atoms with Crippen LogP contribution in [0.2, 0.25) is 0 Å². The Morgan fingerprint density at radius 2 is 1.71 bits per heavy atom. The van der Waals surface area contributed by atoms with Crippen molar-refractivity contribution in [1.82, 2.24) is 14.1 Å². The number of carbonyl (C=O) groups is 2. The van der Waals surface area contributed by atoms with E-state index in [-0.39, 0.29) is 25.6 Å². The SMILES string of the molecule is O=C(CN1CCN(S(=O)(=O)c2ccc3c(c2)CCCC3)CC1)N1CCOC1=O. The van der Waals surface area contributed by atoms with Crippen LogP contribution in [-0.4, -0.2) is 80.4 Å². The van der Waals surface area contributed by atoms with Crippen LogP contribution in [-0.2, 0) is 32.4 Å². The fraction of sp³-hybridized carbons (Fsp3) is 0.579. The van der Waals surface area contributed by atoms with Gasteiger partial charge in [-0.15, -0.1) is 0 Å². The molecule has 28 heavy (non-hydrogen) atoms. The van der Waals surface area contributed by atoms with Gasteiger partial charge >= 0.3 is 6.09 Å². The quantitative estimate of drug-likeness (QED) is 0.736. The number of carbonyl (C=O) groups excluding carboxylic acids is 2. The molecule has 0 bridgehead atoms. The van der Waals surface area contributed by atoms with E-state index in [9.17, 15) is 18.0 Å². The molecule has 0 saturated carbocycles. The maximum atomic E-state index is 13.0. The third-order valence-electron chi connectivity index (χ3n) is 5.71. The van der Waals surface area contributed by atoms with Gasteiger partial charge in [0.2, 0.25) is 15.9 Å². The Bertz CT molecular complexity index is 878. The maximum absolute atomic E-state index is 13.0. The summed E-state index contributed by atoms with van der Waals surface area (Å²) >= 11 is 0. The van der Waals surface area contributed by atoms with Crippen LogP contribution in [0.25, 0.3) is 0 Å². The lowest BCUT2D eigenvalue weighted by atomic mass is 9.92. The van der Waals surface area contributed by atoms with E-state index < -0.39 is 16.1 Å². The average Bonchev–Trinajstić information content (AvgIpc) is 3.14. The van der Waals surface area contributed by atoms with Gasteiger partial charge in [-0.25, -0.2) is 18.1 Å². The number of hydrogen-bond acceptors (Lipinski definition) is 6. The average molecular weight is 407 g/mol. The lowest BCUT2D eigenvalue weighted by molar-refractivity contribution is -0.129. The molecule has 3 aliphatic rings. The first-order chi connectivity index (χ1) is 13.4. The molecule has 2 heterocycles. The number of sulfonamides is 1. The smallest absolute Gasteiger partial charge is 0.416 e. The molecule has 1 aromatic carbocycles. The number of amides is 2. The first-order valence-electron chi connectivity index (χ1n) is 9.76. The summed E-state index contributed by atoms with van der Waals surface area (Å²) in [6.07, 6.45) is 3.63. The summed E-state index contributed by atoms with van der Waals surface area (Å²) in [6.45, 7) is 2.19. The number of benzene rings is 1. The second-order valence-corrected chi connectivity index (χ2v) is 9.42. The van der Waals surface area contributed by atoms with Crippen LogP contribution >= 0.6 is 0 Å². The van der Waals surface area contributed by atoms with Crippen LogP contribution in [0.1, 0.15) is 24.0 Å².